The number of anilines is 1. The molecule has 0 amide bonds. The molecule has 4 nitrogen and oxygen atoms in total. The van der Waals surface area contributed by atoms with Crippen molar-refractivity contribution < 1.29 is 0 Å². The number of piperazine rings is 1. The topological polar surface area (TPSA) is 32.3 Å². The van der Waals surface area contributed by atoms with Crippen molar-refractivity contribution in [1.82, 2.24) is 14.9 Å². The van der Waals surface area contributed by atoms with Gasteiger partial charge in [-0.05, 0) is 17.7 Å². The third-order valence-electron chi connectivity index (χ3n) is 5.40. The summed E-state index contributed by atoms with van der Waals surface area (Å²) in [6.07, 6.45) is 1.72. The van der Waals surface area contributed by atoms with Gasteiger partial charge in [0.05, 0.1) is 16.1 Å². The van der Waals surface area contributed by atoms with Gasteiger partial charge >= 0.3 is 0 Å². The molecular weight excluding hydrogens is 368 g/mol. The lowest BCUT2D eigenvalue weighted by Gasteiger charge is -2.36. The average Bonchev–Trinajstić information content (AvgIpc) is 2.74. The average molecular weight is 389 g/mol. The van der Waals surface area contributed by atoms with E-state index < -0.39 is 0 Å². The van der Waals surface area contributed by atoms with Gasteiger partial charge < -0.3 is 4.90 Å². The van der Waals surface area contributed by atoms with Crippen LogP contribution in [0.25, 0.3) is 21.8 Å². The predicted octanol–water partition coefficient (Wildman–Crippen LogP) is 4.76. The molecule has 5 heteroatoms. The van der Waals surface area contributed by atoms with Gasteiger partial charge in [-0.3, -0.25) is 9.88 Å². The molecule has 0 atom stereocenters. The first kappa shape index (κ1) is 17.4. The lowest BCUT2D eigenvalue weighted by atomic mass is 10.1. The van der Waals surface area contributed by atoms with E-state index in [0.717, 1.165) is 60.3 Å². The summed E-state index contributed by atoms with van der Waals surface area (Å²) < 4.78 is 0. The number of aromatic nitrogens is 2. The van der Waals surface area contributed by atoms with Crippen LogP contribution in [0.5, 0.6) is 0 Å². The molecule has 0 aliphatic carbocycles. The van der Waals surface area contributed by atoms with Crippen LogP contribution in [0.3, 0.4) is 0 Å². The Morgan fingerprint density at radius 2 is 1.61 bits per heavy atom. The van der Waals surface area contributed by atoms with E-state index in [0.29, 0.717) is 5.02 Å². The second-order valence-electron chi connectivity index (χ2n) is 7.25. The fourth-order valence-corrected chi connectivity index (χ4v) is 4.13. The Labute approximate surface area is 169 Å². The standard InChI is InChI=1S/C23H21ClN4/c24-18-14-20-22(25-15-18)19-8-4-5-9-21(19)26-23(20)28-12-10-27(11-13-28)16-17-6-2-1-3-7-17/h1-9,14-15H,10-13,16H2. The minimum absolute atomic E-state index is 0.647. The highest BCUT2D eigenvalue weighted by molar-refractivity contribution is 6.31. The van der Waals surface area contributed by atoms with Crippen LogP contribution in [-0.2, 0) is 6.54 Å². The first-order valence-electron chi connectivity index (χ1n) is 9.63. The number of fused-ring (bicyclic) bond motifs is 3. The minimum atomic E-state index is 0.647. The fourth-order valence-electron chi connectivity index (χ4n) is 3.97. The van der Waals surface area contributed by atoms with E-state index in [2.05, 4.69) is 57.2 Å². The highest BCUT2D eigenvalue weighted by Gasteiger charge is 2.21. The third-order valence-corrected chi connectivity index (χ3v) is 5.61. The van der Waals surface area contributed by atoms with Crippen LogP contribution in [0.2, 0.25) is 5.02 Å². The molecule has 140 valence electrons. The molecule has 28 heavy (non-hydrogen) atoms. The zero-order valence-electron chi connectivity index (χ0n) is 15.6. The Hall–Kier alpha value is -2.69. The number of nitrogens with zero attached hydrogens (tertiary/aromatic N) is 4. The van der Waals surface area contributed by atoms with Gasteiger partial charge in [0, 0.05) is 49.7 Å². The van der Waals surface area contributed by atoms with Crippen LogP contribution >= 0.6 is 11.6 Å². The van der Waals surface area contributed by atoms with E-state index >= 15 is 0 Å². The molecule has 3 heterocycles. The summed E-state index contributed by atoms with van der Waals surface area (Å²) in [5.41, 5.74) is 3.31. The molecule has 5 rings (SSSR count). The Kier molecular flexibility index (Phi) is 4.59. The molecule has 4 aromatic rings. The molecule has 1 aliphatic rings. The molecule has 2 aromatic heterocycles. The molecule has 0 bridgehead atoms. The maximum absolute atomic E-state index is 6.28. The van der Waals surface area contributed by atoms with Crippen molar-refractivity contribution in [2.45, 2.75) is 6.54 Å². The van der Waals surface area contributed by atoms with Crippen LogP contribution in [-0.4, -0.2) is 41.0 Å². The highest BCUT2D eigenvalue weighted by atomic mass is 35.5. The summed E-state index contributed by atoms with van der Waals surface area (Å²) in [6.45, 7) is 4.91. The van der Waals surface area contributed by atoms with E-state index in [1.807, 2.05) is 18.2 Å². The normalized spacial score (nSPS) is 15.4. The van der Waals surface area contributed by atoms with Gasteiger partial charge in [0.25, 0.3) is 0 Å². The lowest BCUT2D eigenvalue weighted by molar-refractivity contribution is 0.249. The molecule has 0 radical (unpaired) electrons. The second-order valence-corrected chi connectivity index (χ2v) is 7.69. The zero-order valence-corrected chi connectivity index (χ0v) is 16.3. The van der Waals surface area contributed by atoms with Crippen LogP contribution in [0, 0.1) is 0 Å². The lowest BCUT2D eigenvalue weighted by Crippen LogP contribution is -2.46. The van der Waals surface area contributed by atoms with Gasteiger partial charge in [-0.2, -0.15) is 0 Å². The van der Waals surface area contributed by atoms with Crippen LogP contribution < -0.4 is 4.90 Å². The van der Waals surface area contributed by atoms with Crippen molar-refractivity contribution in [2.75, 3.05) is 31.1 Å². The number of hydrogen-bond acceptors (Lipinski definition) is 4. The molecule has 0 unspecified atom stereocenters. The number of halogens is 1. The summed E-state index contributed by atoms with van der Waals surface area (Å²) in [7, 11) is 0. The highest BCUT2D eigenvalue weighted by Crippen LogP contribution is 2.32. The van der Waals surface area contributed by atoms with E-state index in [4.69, 9.17) is 16.6 Å². The quantitative estimate of drug-likeness (QED) is 0.474. The van der Waals surface area contributed by atoms with Crippen molar-refractivity contribution >= 4 is 39.2 Å². The van der Waals surface area contributed by atoms with E-state index in [-0.39, 0.29) is 0 Å². The van der Waals surface area contributed by atoms with E-state index in [1.54, 1.807) is 6.20 Å². The van der Waals surface area contributed by atoms with Gasteiger partial charge in [-0.15, -0.1) is 0 Å². The SMILES string of the molecule is Clc1cnc2c(c1)c(N1CCN(Cc3ccccc3)CC1)nc1ccccc12. The van der Waals surface area contributed by atoms with Crippen molar-refractivity contribution in [3.63, 3.8) is 0 Å². The maximum Gasteiger partial charge on any atom is 0.138 e. The predicted molar refractivity (Wildman–Crippen MR) is 116 cm³/mol. The molecule has 0 spiro atoms. The first-order valence-corrected chi connectivity index (χ1v) is 10.0. The first-order chi connectivity index (χ1) is 13.8. The fraction of sp³-hybridized carbons (Fsp3) is 0.217. The Morgan fingerprint density at radius 1 is 0.857 bits per heavy atom. The van der Waals surface area contributed by atoms with Crippen molar-refractivity contribution in [3.8, 4) is 0 Å². The molecule has 2 aromatic carbocycles. The zero-order chi connectivity index (χ0) is 18.9. The summed E-state index contributed by atoms with van der Waals surface area (Å²) in [4.78, 5) is 14.5. The van der Waals surface area contributed by atoms with Gasteiger partial charge in [0.2, 0.25) is 0 Å². The monoisotopic (exact) mass is 388 g/mol. The molecule has 1 fully saturated rings. The van der Waals surface area contributed by atoms with Gasteiger partial charge in [-0.1, -0.05) is 60.1 Å². The summed E-state index contributed by atoms with van der Waals surface area (Å²) in [5.74, 6) is 0.989. The van der Waals surface area contributed by atoms with E-state index in [1.165, 1.54) is 5.56 Å². The van der Waals surface area contributed by atoms with Crippen LogP contribution in [0.15, 0.2) is 66.9 Å². The van der Waals surface area contributed by atoms with Gasteiger partial charge in [0.15, 0.2) is 0 Å². The number of pyridine rings is 2. The Morgan fingerprint density at radius 3 is 2.43 bits per heavy atom. The molecule has 1 aliphatic heterocycles. The third kappa shape index (κ3) is 3.30. The summed E-state index contributed by atoms with van der Waals surface area (Å²) >= 11 is 6.28. The van der Waals surface area contributed by atoms with Gasteiger partial charge in [0.1, 0.15) is 5.82 Å². The van der Waals surface area contributed by atoms with E-state index in [9.17, 15) is 0 Å². The largest absolute Gasteiger partial charge is 0.353 e. The van der Waals surface area contributed by atoms with Crippen molar-refractivity contribution in [1.29, 1.82) is 0 Å². The smallest absolute Gasteiger partial charge is 0.138 e. The summed E-state index contributed by atoms with van der Waals surface area (Å²) in [5, 5.41) is 2.75. The summed E-state index contributed by atoms with van der Waals surface area (Å²) in [6, 6.07) is 20.8. The molecular formula is C23H21ClN4. The number of benzene rings is 2. The number of hydrogen-bond donors (Lipinski definition) is 0. The molecule has 0 saturated carbocycles. The minimum Gasteiger partial charge on any atom is -0.353 e. The number of rotatable bonds is 3. The molecule has 0 N–H and O–H groups in total. The van der Waals surface area contributed by atoms with Crippen molar-refractivity contribution in [3.05, 3.63) is 77.4 Å². The Bertz CT molecular complexity index is 1120. The van der Waals surface area contributed by atoms with Gasteiger partial charge in [-0.25, -0.2) is 4.98 Å². The second kappa shape index (κ2) is 7.38. The van der Waals surface area contributed by atoms with Crippen molar-refractivity contribution in [2.24, 2.45) is 0 Å². The Balaban J connectivity index is 1.45. The number of para-hydroxylation sites is 1. The molecule has 1 saturated heterocycles. The maximum atomic E-state index is 6.28. The van der Waals surface area contributed by atoms with Crippen LogP contribution in [0.4, 0.5) is 5.82 Å². The van der Waals surface area contributed by atoms with Crippen LogP contribution in [0.1, 0.15) is 5.56 Å².